The minimum absolute atomic E-state index is 0.334. The summed E-state index contributed by atoms with van der Waals surface area (Å²) in [5, 5.41) is 12.7. The molecule has 0 bridgehead atoms. The lowest BCUT2D eigenvalue weighted by atomic mass is 9.88. The van der Waals surface area contributed by atoms with E-state index in [0.717, 1.165) is 34.9 Å². The second-order valence-corrected chi connectivity index (χ2v) is 5.96. The molecule has 0 heterocycles. The minimum Gasteiger partial charge on any atom is -0.496 e. The van der Waals surface area contributed by atoms with E-state index in [9.17, 15) is 5.11 Å². The van der Waals surface area contributed by atoms with Crippen molar-refractivity contribution in [3.8, 4) is 5.75 Å². The number of fused-ring (bicyclic) bond motifs is 1. The molecule has 3 rings (SSSR count). The Morgan fingerprint density at radius 3 is 2.43 bits per heavy atom. The molecule has 3 nitrogen and oxygen atoms in total. The smallest absolute Gasteiger partial charge is 0.126 e. The minimum atomic E-state index is -0.468. The monoisotopic (exact) mass is 285 g/mol. The van der Waals surface area contributed by atoms with Crippen LogP contribution in [0.15, 0.2) is 36.4 Å². The lowest BCUT2D eigenvalue weighted by Crippen LogP contribution is -2.32. The van der Waals surface area contributed by atoms with Gasteiger partial charge in [0, 0.05) is 5.39 Å². The summed E-state index contributed by atoms with van der Waals surface area (Å²) in [6, 6.07) is 11.7. The lowest BCUT2D eigenvalue weighted by Gasteiger charge is -2.26. The third-order valence-electron chi connectivity index (χ3n) is 4.75. The van der Waals surface area contributed by atoms with E-state index in [1.54, 1.807) is 7.11 Å². The zero-order valence-corrected chi connectivity index (χ0v) is 12.5. The van der Waals surface area contributed by atoms with Gasteiger partial charge in [0.15, 0.2) is 0 Å². The molecule has 2 aromatic carbocycles. The SMILES string of the molecule is COc1ccc([C@@H](N)[C@@H](O)C2CCCC2)c2ccccc12. The van der Waals surface area contributed by atoms with E-state index in [4.69, 9.17) is 10.5 Å². The Morgan fingerprint density at radius 1 is 1.10 bits per heavy atom. The summed E-state index contributed by atoms with van der Waals surface area (Å²) in [6.45, 7) is 0. The fraction of sp³-hybridized carbons (Fsp3) is 0.444. The molecule has 2 atom stereocenters. The Labute approximate surface area is 125 Å². The van der Waals surface area contributed by atoms with Crippen LogP contribution in [-0.2, 0) is 0 Å². The first-order valence-corrected chi connectivity index (χ1v) is 7.71. The van der Waals surface area contributed by atoms with Gasteiger partial charge in [-0.05, 0) is 35.8 Å². The number of ether oxygens (including phenoxy) is 1. The van der Waals surface area contributed by atoms with Crippen LogP contribution in [0, 0.1) is 5.92 Å². The Kier molecular flexibility index (Phi) is 4.13. The van der Waals surface area contributed by atoms with Crippen molar-refractivity contribution in [3.05, 3.63) is 42.0 Å². The molecule has 2 aromatic rings. The fourth-order valence-corrected chi connectivity index (χ4v) is 3.54. The second-order valence-electron chi connectivity index (χ2n) is 5.96. The molecule has 0 spiro atoms. The van der Waals surface area contributed by atoms with Crippen molar-refractivity contribution in [2.75, 3.05) is 7.11 Å². The number of hydrogen-bond acceptors (Lipinski definition) is 3. The lowest BCUT2D eigenvalue weighted by molar-refractivity contribution is 0.0849. The van der Waals surface area contributed by atoms with Crippen molar-refractivity contribution in [1.82, 2.24) is 0 Å². The van der Waals surface area contributed by atoms with E-state index in [1.807, 2.05) is 30.3 Å². The Morgan fingerprint density at radius 2 is 1.76 bits per heavy atom. The largest absolute Gasteiger partial charge is 0.496 e. The number of aliphatic hydroxyl groups is 1. The molecular formula is C18H23NO2. The van der Waals surface area contributed by atoms with Crippen molar-refractivity contribution in [1.29, 1.82) is 0 Å². The average Bonchev–Trinajstić information content (AvgIpc) is 3.07. The van der Waals surface area contributed by atoms with Crippen molar-refractivity contribution in [3.63, 3.8) is 0 Å². The predicted octanol–water partition coefficient (Wildman–Crippen LogP) is 3.40. The molecule has 0 unspecified atom stereocenters. The second kappa shape index (κ2) is 6.04. The zero-order valence-electron chi connectivity index (χ0n) is 12.5. The van der Waals surface area contributed by atoms with Gasteiger partial charge in [0.2, 0.25) is 0 Å². The summed E-state index contributed by atoms with van der Waals surface area (Å²) in [4.78, 5) is 0. The van der Waals surface area contributed by atoms with Crippen LogP contribution in [0.3, 0.4) is 0 Å². The van der Waals surface area contributed by atoms with Crippen molar-refractivity contribution in [2.45, 2.75) is 37.8 Å². The predicted molar refractivity (Wildman–Crippen MR) is 85.4 cm³/mol. The van der Waals surface area contributed by atoms with E-state index < -0.39 is 6.10 Å². The number of methoxy groups -OCH3 is 1. The summed E-state index contributed by atoms with van der Waals surface area (Å²) in [5.41, 5.74) is 7.39. The molecule has 1 aliphatic carbocycles. The molecular weight excluding hydrogens is 262 g/mol. The summed E-state index contributed by atoms with van der Waals surface area (Å²) in [5.74, 6) is 1.18. The normalized spacial score (nSPS) is 18.8. The molecule has 0 amide bonds. The van der Waals surface area contributed by atoms with Gasteiger partial charge in [-0.1, -0.05) is 43.2 Å². The van der Waals surface area contributed by atoms with Gasteiger partial charge in [-0.3, -0.25) is 0 Å². The highest BCUT2D eigenvalue weighted by molar-refractivity contribution is 5.91. The summed E-state index contributed by atoms with van der Waals surface area (Å²) in [6.07, 6.45) is 4.12. The molecule has 3 N–H and O–H groups in total. The zero-order chi connectivity index (χ0) is 14.8. The maximum atomic E-state index is 10.6. The van der Waals surface area contributed by atoms with Crippen LogP contribution in [0.2, 0.25) is 0 Å². The van der Waals surface area contributed by atoms with Gasteiger partial charge in [-0.15, -0.1) is 0 Å². The van der Waals surface area contributed by atoms with Crippen molar-refractivity contribution < 1.29 is 9.84 Å². The van der Waals surface area contributed by atoms with Crippen LogP contribution in [0.5, 0.6) is 5.75 Å². The Bertz CT molecular complexity index is 620. The molecule has 0 saturated heterocycles. The van der Waals surface area contributed by atoms with Gasteiger partial charge in [-0.25, -0.2) is 0 Å². The molecule has 0 aliphatic heterocycles. The number of benzene rings is 2. The first kappa shape index (κ1) is 14.4. The number of aliphatic hydroxyl groups excluding tert-OH is 1. The Balaban J connectivity index is 1.99. The van der Waals surface area contributed by atoms with Crippen LogP contribution >= 0.6 is 0 Å². The number of hydrogen-bond donors (Lipinski definition) is 2. The molecule has 0 aromatic heterocycles. The molecule has 1 fully saturated rings. The van der Waals surface area contributed by atoms with Gasteiger partial charge in [0.05, 0.1) is 19.3 Å². The first-order valence-electron chi connectivity index (χ1n) is 7.71. The van der Waals surface area contributed by atoms with Gasteiger partial charge >= 0.3 is 0 Å². The highest BCUT2D eigenvalue weighted by Gasteiger charge is 2.29. The molecule has 1 aliphatic rings. The third-order valence-corrected chi connectivity index (χ3v) is 4.75. The third kappa shape index (κ3) is 2.63. The maximum absolute atomic E-state index is 10.6. The number of rotatable bonds is 4. The van der Waals surface area contributed by atoms with Crippen LogP contribution in [0.25, 0.3) is 10.8 Å². The van der Waals surface area contributed by atoms with Gasteiger partial charge in [-0.2, -0.15) is 0 Å². The molecule has 112 valence electrons. The van der Waals surface area contributed by atoms with Gasteiger partial charge < -0.3 is 15.6 Å². The summed E-state index contributed by atoms with van der Waals surface area (Å²) < 4.78 is 5.42. The van der Waals surface area contributed by atoms with Gasteiger partial charge in [0.1, 0.15) is 5.75 Å². The molecule has 1 saturated carbocycles. The molecule has 3 heteroatoms. The summed E-state index contributed by atoms with van der Waals surface area (Å²) >= 11 is 0. The van der Waals surface area contributed by atoms with E-state index in [0.29, 0.717) is 5.92 Å². The van der Waals surface area contributed by atoms with Crippen LogP contribution in [-0.4, -0.2) is 18.3 Å². The van der Waals surface area contributed by atoms with E-state index in [2.05, 4.69) is 6.07 Å². The van der Waals surface area contributed by atoms with Crippen LogP contribution in [0.1, 0.15) is 37.3 Å². The Hall–Kier alpha value is -1.58. The quantitative estimate of drug-likeness (QED) is 0.905. The number of nitrogens with two attached hydrogens (primary N) is 1. The average molecular weight is 285 g/mol. The van der Waals surface area contributed by atoms with E-state index >= 15 is 0 Å². The first-order chi connectivity index (χ1) is 10.2. The van der Waals surface area contributed by atoms with Crippen molar-refractivity contribution >= 4 is 10.8 Å². The van der Waals surface area contributed by atoms with E-state index in [1.165, 1.54) is 12.8 Å². The van der Waals surface area contributed by atoms with Crippen LogP contribution in [0.4, 0.5) is 0 Å². The maximum Gasteiger partial charge on any atom is 0.126 e. The highest BCUT2D eigenvalue weighted by atomic mass is 16.5. The summed E-state index contributed by atoms with van der Waals surface area (Å²) in [7, 11) is 1.68. The van der Waals surface area contributed by atoms with Crippen molar-refractivity contribution in [2.24, 2.45) is 11.7 Å². The van der Waals surface area contributed by atoms with Crippen LogP contribution < -0.4 is 10.5 Å². The topological polar surface area (TPSA) is 55.5 Å². The van der Waals surface area contributed by atoms with Gasteiger partial charge in [0.25, 0.3) is 0 Å². The molecule has 21 heavy (non-hydrogen) atoms. The molecule has 0 radical (unpaired) electrons. The standard InChI is InChI=1S/C18H23NO2/c1-21-16-11-10-15(13-8-4-5-9-14(13)16)17(19)18(20)12-6-2-3-7-12/h4-5,8-12,17-18,20H,2-3,6-7,19H2,1H3/t17-,18+/m1/s1. The fourth-order valence-electron chi connectivity index (χ4n) is 3.54. The highest BCUT2D eigenvalue weighted by Crippen LogP contribution is 2.36. The van der Waals surface area contributed by atoms with E-state index in [-0.39, 0.29) is 6.04 Å².